The maximum Gasteiger partial charge on any atom is 0.342 e. The minimum Gasteiger partial charge on any atom is -0.497 e. The highest BCUT2D eigenvalue weighted by Gasteiger charge is 2.14. The molecule has 110 valence electrons. The number of rotatable bonds is 5. The summed E-state index contributed by atoms with van der Waals surface area (Å²) >= 11 is 0. The molecule has 1 heterocycles. The molecule has 2 rings (SSSR count). The van der Waals surface area contributed by atoms with Gasteiger partial charge >= 0.3 is 5.97 Å². The molecule has 21 heavy (non-hydrogen) atoms. The zero-order valence-corrected chi connectivity index (χ0v) is 11.7. The van der Waals surface area contributed by atoms with Crippen LogP contribution in [0.4, 0.5) is 5.69 Å². The number of benzene rings is 1. The van der Waals surface area contributed by atoms with Crippen molar-refractivity contribution in [3.05, 3.63) is 47.9 Å². The van der Waals surface area contributed by atoms with Crippen molar-refractivity contribution in [1.82, 2.24) is 0 Å². The van der Waals surface area contributed by atoms with Crippen LogP contribution in [-0.4, -0.2) is 25.6 Å². The fourth-order valence-electron chi connectivity index (χ4n) is 1.70. The van der Waals surface area contributed by atoms with Gasteiger partial charge in [-0.15, -0.1) is 0 Å². The summed E-state index contributed by atoms with van der Waals surface area (Å²) in [5, 5.41) is 2.61. The molecule has 0 saturated heterocycles. The fraction of sp³-hybridized carbons (Fsp3) is 0.200. The molecule has 0 saturated carbocycles. The van der Waals surface area contributed by atoms with E-state index in [1.807, 2.05) is 0 Å². The molecule has 0 atom stereocenters. The Bertz CT molecular complexity index is 647. The molecule has 1 aromatic carbocycles. The molecular formula is C15H15NO5. The summed E-state index contributed by atoms with van der Waals surface area (Å²) in [5.74, 6) is 0.0480. The van der Waals surface area contributed by atoms with Crippen LogP contribution in [0.3, 0.4) is 0 Å². The van der Waals surface area contributed by atoms with E-state index in [9.17, 15) is 9.59 Å². The lowest BCUT2D eigenvalue weighted by Gasteiger charge is -2.07. The molecular weight excluding hydrogens is 274 g/mol. The van der Waals surface area contributed by atoms with Crippen LogP contribution in [0.5, 0.6) is 5.75 Å². The van der Waals surface area contributed by atoms with Gasteiger partial charge in [0.15, 0.2) is 6.61 Å². The Balaban J connectivity index is 1.87. The minimum absolute atomic E-state index is 0.309. The lowest BCUT2D eigenvalue weighted by Crippen LogP contribution is -2.21. The van der Waals surface area contributed by atoms with Gasteiger partial charge in [0.2, 0.25) is 0 Å². The summed E-state index contributed by atoms with van der Waals surface area (Å²) < 4.78 is 15.0. The van der Waals surface area contributed by atoms with Gasteiger partial charge in [-0.05, 0) is 25.1 Å². The normalized spacial score (nSPS) is 10.0. The number of carbonyl (C=O) groups excluding carboxylic acids is 2. The van der Waals surface area contributed by atoms with Crippen LogP contribution in [0, 0.1) is 6.92 Å². The second-order valence-electron chi connectivity index (χ2n) is 4.25. The number of aryl methyl sites for hydroxylation is 1. The largest absolute Gasteiger partial charge is 0.497 e. The van der Waals surface area contributed by atoms with Gasteiger partial charge in [-0.25, -0.2) is 4.79 Å². The highest BCUT2D eigenvalue weighted by atomic mass is 16.5. The molecule has 0 fully saturated rings. The number of amides is 1. The van der Waals surface area contributed by atoms with Crippen molar-refractivity contribution in [3.8, 4) is 5.75 Å². The maximum absolute atomic E-state index is 11.7. The van der Waals surface area contributed by atoms with Crippen molar-refractivity contribution < 1.29 is 23.5 Å². The third kappa shape index (κ3) is 3.85. The second-order valence-corrected chi connectivity index (χ2v) is 4.25. The van der Waals surface area contributed by atoms with Gasteiger partial charge in [0, 0.05) is 11.8 Å². The zero-order chi connectivity index (χ0) is 15.2. The van der Waals surface area contributed by atoms with E-state index >= 15 is 0 Å². The quantitative estimate of drug-likeness (QED) is 0.855. The van der Waals surface area contributed by atoms with Crippen LogP contribution in [0.15, 0.2) is 41.0 Å². The van der Waals surface area contributed by atoms with E-state index in [4.69, 9.17) is 13.9 Å². The van der Waals surface area contributed by atoms with Crippen LogP contribution in [0.25, 0.3) is 0 Å². The summed E-state index contributed by atoms with van der Waals surface area (Å²) in [5.41, 5.74) is 0.874. The number of anilines is 1. The lowest BCUT2D eigenvalue weighted by molar-refractivity contribution is -0.119. The number of nitrogens with one attached hydrogen (secondary N) is 1. The van der Waals surface area contributed by atoms with Crippen molar-refractivity contribution in [1.29, 1.82) is 0 Å². The third-order valence-corrected chi connectivity index (χ3v) is 2.77. The van der Waals surface area contributed by atoms with Gasteiger partial charge in [0.1, 0.15) is 17.1 Å². The molecule has 0 spiro atoms. The maximum atomic E-state index is 11.7. The van der Waals surface area contributed by atoms with Gasteiger partial charge in [-0.3, -0.25) is 4.79 Å². The number of carbonyl (C=O) groups is 2. The molecule has 1 N–H and O–H groups in total. The molecule has 1 amide bonds. The predicted molar refractivity (Wildman–Crippen MR) is 75.4 cm³/mol. The molecule has 0 aliphatic rings. The van der Waals surface area contributed by atoms with Crippen molar-refractivity contribution in [3.63, 3.8) is 0 Å². The van der Waals surface area contributed by atoms with Gasteiger partial charge in [-0.2, -0.15) is 0 Å². The predicted octanol–water partition coefficient (Wildman–Crippen LogP) is 2.39. The van der Waals surface area contributed by atoms with Gasteiger partial charge in [0.05, 0.1) is 13.4 Å². The highest BCUT2D eigenvalue weighted by molar-refractivity contribution is 5.95. The van der Waals surface area contributed by atoms with E-state index in [1.54, 1.807) is 31.2 Å². The molecule has 0 radical (unpaired) electrons. The topological polar surface area (TPSA) is 77.8 Å². The Morgan fingerprint density at radius 3 is 2.76 bits per heavy atom. The van der Waals surface area contributed by atoms with E-state index in [-0.39, 0.29) is 6.61 Å². The Morgan fingerprint density at radius 1 is 1.29 bits per heavy atom. The Hall–Kier alpha value is -2.76. The van der Waals surface area contributed by atoms with Gasteiger partial charge in [-0.1, -0.05) is 6.07 Å². The van der Waals surface area contributed by atoms with Crippen molar-refractivity contribution >= 4 is 17.6 Å². The van der Waals surface area contributed by atoms with Crippen molar-refractivity contribution in [2.24, 2.45) is 0 Å². The number of hydrogen-bond donors (Lipinski definition) is 1. The Morgan fingerprint density at radius 2 is 2.10 bits per heavy atom. The molecule has 2 aromatic rings. The molecule has 0 bridgehead atoms. The molecule has 1 aromatic heterocycles. The number of esters is 1. The number of methoxy groups -OCH3 is 1. The first kappa shape index (κ1) is 14.6. The number of furan rings is 1. The Kier molecular flexibility index (Phi) is 4.61. The van der Waals surface area contributed by atoms with Crippen LogP contribution in [0.1, 0.15) is 16.1 Å². The summed E-state index contributed by atoms with van der Waals surface area (Å²) in [6, 6.07) is 8.38. The van der Waals surface area contributed by atoms with Crippen LogP contribution in [-0.2, 0) is 9.53 Å². The second kappa shape index (κ2) is 6.60. The van der Waals surface area contributed by atoms with Crippen LogP contribution < -0.4 is 10.1 Å². The van der Waals surface area contributed by atoms with Gasteiger partial charge < -0.3 is 19.2 Å². The standard InChI is InChI=1S/C15H15NO5/c1-10-13(6-7-20-10)15(18)21-9-14(17)16-11-4-3-5-12(8-11)19-2/h3-8H,9H2,1-2H3,(H,16,17). The van der Waals surface area contributed by atoms with E-state index in [1.165, 1.54) is 19.4 Å². The molecule has 0 aliphatic heterocycles. The molecule has 0 unspecified atom stereocenters. The smallest absolute Gasteiger partial charge is 0.342 e. The van der Waals surface area contributed by atoms with E-state index in [2.05, 4.69) is 5.32 Å². The fourth-order valence-corrected chi connectivity index (χ4v) is 1.70. The van der Waals surface area contributed by atoms with Crippen LogP contribution >= 0.6 is 0 Å². The van der Waals surface area contributed by atoms with Crippen molar-refractivity contribution in [2.45, 2.75) is 6.92 Å². The lowest BCUT2D eigenvalue weighted by atomic mass is 10.3. The first-order valence-electron chi connectivity index (χ1n) is 6.25. The highest BCUT2D eigenvalue weighted by Crippen LogP contribution is 2.16. The third-order valence-electron chi connectivity index (χ3n) is 2.77. The summed E-state index contributed by atoms with van der Waals surface area (Å²) in [6.07, 6.45) is 1.39. The van der Waals surface area contributed by atoms with Gasteiger partial charge in [0.25, 0.3) is 5.91 Å². The summed E-state index contributed by atoms with van der Waals surface area (Å²) in [7, 11) is 1.54. The first-order valence-corrected chi connectivity index (χ1v) is 6.25. The Labute approximate surface area is 121 Å². The molecule has 0 aliphatic carbocycles. The van der Waals surface area contributed by atoms with Crippen LogP contribution in [0.2, 0.25) is 0 Å². The minimum atomic E-state index is -0.595. The first-order chi connectivity index (χ1) is 10.1. The number of ether oxygens (including phenoxy) is 2. The van der Waals surface area contributed by atoms with E-state index in [0.717, 1.165) is 0 Å². The van der Waals surface area contributed by atoms with Crippen molar-refractivity contribution in [2.75, 3.05) is 19.0 Å². The summed E-state index contributed by atoms with van der Waals surface area (Å²) in [6.45, 7) is 1.27. The summed E-state index contributed by atoms with van der Waals surface area (Å²) in [4.78, 5) is 23.4. The van der Waals surface area contributed by atoms with E-state index in [0.29, 0.717) is 22.8 Å². The molecule has 6 heteroatoms. The average molecular weight is 289 g/mol. The monoisotopic (exact) mass is 289 g/mol. The number of hydrogen-bond acceptors (Lipinski definition) is 5. The van der Waals surface area contributed by atoms with E-state index < -0.39 is 11.9 Å². The average Bonchev–Trinajstić information content (AvgIpc) is 2.91. The SMILES string of the molecule is COc1cccc(NC(=O)COC(=O)c2ccoc2C)c1. The zero-order valence-electron chi connectivity index (χ0n) is 11.7. The molecule has 6 nitrogen and oxygen atoms in total.